The number of benzene rings is 1. The Morgan fingerprint density at radius 2 is 2.22 bits per heavy atom. The number of methoxy groups -OCH3 is 1. The van der Waals surface area contributed by atoms with E-state index in [4.69, 9.17) is 14.2 Å². The average molecular weight is 315 g/mol. The molecule has 4 nitrogen and oxygen atoms in total. The largest absolute Gasteiger partial charge is 0.496 e. The summed E-state index contributed by atoms with van der Waals surface area (Å²) in [6.45, 7) is 3.23. The van der Waals surface area contributed by atoms with Gasteiger partial charge in [-0.1, -0.05) is 15.9 Å². The number of ether oxygens (including phenoxy) is 3. The van der Waals surface area contributed by atoms with Gasteiger partial charge in [0.15, 0.2) is 5.78 Å². The van der Waals surface area contributed by atoms with Crippen LogP contribution in [0.5, 0.6) is 5.75 Å². The lowest BCUT2D eigenvalue weighted by molar-refractivity contribution is -0.0719. The molecule has 1 unspecified atom stereocenters. The summed E-state index contributed by atoms with van der Waals surface area (Å²) >= 11 is 3.42. The van der Waals surface area contributed by atoms with Crippen molar-refractivity contribution in [1.29, 1.82) is 0 Å². The predicted octanol–water partition coefficient (Wildman–Crippen LogP) is 2.36. The number of Topliss-reactive ketones (excluding diaryl/α,β-unsaturated/α-hetero) is 1. The number of halogens is 1. The minimum absolute atomic E-state index is 0.104. The van der Waals surface area contributed by atoms with Crippen molar-refractivity contribution < 1.29 is 19.0 Å². The normalized spacial score (nSPS) is 19.6. The molecule has 5 heteroatoms. The Hall–Kier alpha value is -0.910. The first-order valence-electron chi connectivity index (χ1n) is 5.71. The molecule has 0 amide bonds. The molecule has 1 aliphatic rings. The van der Waals surface area contributed by atoms with Crippen molar-refractivity contribution in [3.05, 3.63) is 27.7 Å². The van der Waals surface area contributed by atoms with Gasteiger partial charge >= 0.3 is 0 Å². The van der Waals surface area contributed by atoms with Crippen molar-refractivity contribution >= 4 is 21.7 Å². The second kappa shape index (κ2) is 5.82. The SMILES string of the molecule is COc1cc(C)c(Br)cc1C(=O)C1COCCO1. The summed E-state index contributed by atoms with van der Waals surface area (Å²) in [4.78, 5) is 12.3. The molecule has 0 spiro atoms. The van der Waals surface area contributed by atoms with E-state index in [0.29, 0.717) is 31.1 Å². The van der Waals surface area contributed by atoms with Crippen molar-refractivity contribution in [2.45, 2.75) is 13.0 Å². The smallest absolute Gasteiger partial charge is 0.197 e. The van der Waals surface area contributed by atoms with E-state index in [-0.39, 0.29) is 5.78 Å². The van der Waals surface area contributed by atoms with E-state index in [1.165, 1.54) is 0 Å². The Balaban J connectivity index is 2.31. The number of carbonyl (C=O) groups is 1. The van der Waals surface area contributed by atoms with Gasteiger partial charge in [0.1, 0.15) is 11.9 Å². The van der Waals surface area contributed by atoms with Crippen LogP contribution in [0.3, 0.4) is 0 Å². The van der Waals surface area contributed by atoms with Crippen LogP contribution in [0.25, 0.3) is 0 Å². The third-order valence-electron chi connectivity index (χ3n) is 2.85. The van der Waals surface area contributed by atoms with E-state index < -0.39 is 6.10 Å². The second-order valence-electron chi connectivity index (χ2n) is 4.10. The van der Waals surface area contributed by atoms with Gasteiger partial charge in [-0.15, -0.1) is 0 Å². The lowest BCUT2D eigenvalue weighted by Crippen LogP contribution is -2.35. The maximum atomic E-state index is 12.3. The number of rotatable bonds is 3. The lowest BCUT2D eigenvalue weighted by atomic mass is 10.0. The third kappa shape index (κ3) is 2.74. The highest BCUT2D eigenvalue weighted by Crippen LogP contribution is 2.28. The summed E-state index contributed by atoms with van der Waals surface area (Å²) in [5.41, 5.74) is 1.54. The van der Waals surface area contributed by atoms with Gasteiger partial charge in [-0.25, -0.2) is 0 Å². The molecule has 2 rings (SSSR count). The van der Waals surface area contributed by atoms with Gasteiger partial charge in [0.2, 0.25) is 0 Å². The Kier molecular flexibility index (Phi) is 4.37. The highest BCUT2D eigenvalue weighted by Gasteiger charge is 2.26. The Labute approximate surface area is 114 Å². The van der Waals surface area contributed by atoms with Crippen molar-refractivity contribution in [2.24, 2.45) is 0 Å². The molecule has 0 saturated carbocycles. The number of ketones is 1. The standard InChI is InChI=1S/C13H15BrO4/c1-8-5-11(16-2)9(6-10(8)14)13(15)12-7-17-3-4-18-12/h5-6,12H,3-4,7H2,1-2H3. The van der Waals surface area contributed by atoms with E-state index in [9.17, 15) is 4.79 Å². The summed E-state index contributed by atoms with van der Waals surface area (Å²) in [6.07, 6.45) is -0.540. The highest BCUT2D eigenvalue weighted by atomic mass is 79.9. The van der Waals surface area contributed by atoms with Crippen molar-refractivity contribution in [3.63, 3.8) is 0 Å². The van der Waals surface area contributed by atoms with Gasteiger partial charge in [0.25, 0.3) is 0 Å². The van der Waals surface area contributed by atoms with Gasteiger partial charge in [0.05, 0.1) is 32.5 Å². The fraction of sp³-hybridized carbons (Fsp3) is 0.462. The summed E-state index contributed by atoms with van der Waals surface area (Å²) in [5, 5.41) is 0. The maximum Gasteiger partial charge on any atom is 0.197 e. The second-order valence-corrected chi connectivity index (χ2v) is 4.95. The van der Waals surface area contributed by atoms with Gasteiger partial charge in [0, 0.05) is 4.47 Å². The first kappa shape index (κ1) is 13.5. The average Bonchev–Trinajstić information content (AvgIpc) is 2.41. The number of hydrogen-bond donors (Lipinski definition) is 0. The topological polar surface area (TPSA) is 44.8 Å². The van der Waals surface area contributed by atoms with Gasteiger partial charge in [-0.05, 0) is 24.6 Å². The first-order valence-corrected chi connectivity index (χ1v) is 6.50. The van der Waals surface area contributed by atoms with Crippen LogP contribution in [0, 0.1) is 6.92 Å². The van der Waals surface area contributed by atoms with E-state index in [1.54, 1.807) is 13.2 Å². The molecule has 0 N–H and O–H groups in total. The van der Waals surface area contributed by atoms with Gasteiger partial charge in [-0.3, -0.25) is 4.79 Å². The van der Waals surface area contributed by atoms with Crippen LogP contribution in [-0.4, -0.2) is 38.8 Å². The molecule has 0 aliphatic carbocycles. The van der Waals surface area contributed by atoms with E-state index in [1.807, 2.05) is 13.0 Å². The molecule has 1 fully saturated rings. The molecule has 1 saturated heterocycles. The quantitative estimate of drug-likeness (QED) is 0.803. The predicted molar refractivity (Wildman–Crippen MR) is 70.3 cm³/mol. The first-order chi connectivity index (χ1) is 8.63. The third-order valence-corrected chi connectivity index (χ3v) is 3.71. The van der Waals surface area contributed by atoms with E-state index in [0.717, 1.165) is 10.0 Å². The van der Waals surface area contributed by atoms with Crippen LogP contribution in [0.1, 0.15) is 15.9 Å². The van der Waals surface area contributed by atoms with Crippen LogP contribution < -0.4 is 4.74 Å². The molecule has 98 valence electrons. The van der Waals surface area contributed by atoms with Crippen molar-refractivity contribution in [3.8, 4) is 5.75 Å². The molecule has 1 aromatic rings. The minimum atomic E-state index is -0.540. The molecule has 0 radical (unpaired) electrons. The minimum Gasteiger partial charge on any atom is -0.496 e. The Morgan fingerprint density at radius 3 is 2.83 bits per heavy atom. The monoisotopic (exact) mass is 314 g/mol. The fourth-order valence-corrected chi connectivity index (χ4v) is 2.17. The summed E-state index contributed by atoms with van der Waals surface area (Å²) in [6, 6.07) is 3.61. The summed E-state index contributed by atoms with van der Waals surface area (Å²) in [5.74, 6) is 0.460. The van der Waals surface area contributed by atoms with E-state index >= 15 is 0 Å². The fourth-order valence-electron chi connectivity index (χ4n) is 1.83. The molecule has 18 heavy (non-hydrogen) atoms. The molecule has 0 aromatic heterocycles. The molecule has 1 heterocycles. The van der Waals surface area contributed by atoms with Crippen LogP contribution in [0.2, 0.25) is 0 Å². The van der Waals surface area contributed by atoms with Crippen LogP contribution in [-0.2, 0) is 9.47 Å². The molecule has 1 atom stereocenters. The Bertz CT molecular complexity index is 453. The summed E-state index contributed by atoms with van der Waals surface area (Å²) in [7, 11) is 1.55. The number of aryl methyl sites for hydroxylation is 1. The molecular weight excluding hydrogens is 300 g/mol. The molecular formula is C13H15BrO4. The zero-order valence-corrected chi connectivity index (χ0v) is 12.0. The van der Waals surface area contributed by atoms with Crippen LogP contribution >= 0.6 is 15.9 Å². The molecule has 1 aromatic carbocycles. The van der Waals surface area contributed by atoms with Crippen LogP contribution in [0.4, 0.5) is 0 Å². The van der Waals surface area contributed by atoms with Gasteiger partial charge < -0.3 is 14.2 Å². The summed E-state index contributed by atoms with van der Waals surface area (Å²) < 4.78 is 16.8. The van der Waals surface area contributed by atoms with Crippen LogP contribution in [0.15, 0.2) is 16.6 Å². The Morgan fingerprint density at radius 1 is 1.44 bits per heavy atom. The maximum absolute atomic E-state index is 12.3. The van der Waals surface area contributed by atoms with E-state index in [2.05, 4.69) is 15.9 Å². The van der Waals surface area contributed by atoms with Crippen molar-refractivity contribution in [1.82, 2.24) is 0 Å². The lowest BCUT2D eigenvalue weighted by Gasteiger charge is -2.22. The van der Waals surface area contributed by atoms with Gasteiger partial charge in [-0.2, -0.15) is 0 Å². The molecule has 0 bridgehead atoms. The molecule has 1 aliphatic heterocycles. The van der Waals surface area contributed by atoms with Crippen molar-refractivity contribution in [2.75, 3.05) is 26.9 Å². The number of carbonyl (C=O) groups excluding carboxylic acids is 1. The zero-order valence-electron chi connectivity index (χ0n) is 10.4. The highest BCUT2D eigenvalue weighted by molar-refractivity contribution is 9.10. The number of hydrogen-bond acceptors (Lipinski definition) is 4. The zero-order chi connectivity index (χ0) is 13.1.